The van der Waals surface area contributed by atoms with Crippen LogP contribution in [0, 0.1) is 0 Å². The molecule has 0 amide bonds. The van der Waals surface area contributed by atoms with Crippen LogP contribution < -0.4 is 10.6 Å². The average molecular weight is 358 g/mol. The van der Waals surface area contributed by atoms with Gasteiger partial charge in [-0.25, -0.2) is 0 Å². The molecule has 1 aliphatic heterocycles. The first-order valence-corrected chi connectivity index (χ1v) is 10.3. The molecule has 0 spiro atoms. The normalized spacial score (nSPS) is 19.9. The first-order valence-electron chi connectivity index (χ1n) is 10.3. The monoisotopic (exact) mass is 357 g/mol. The minimum absolute atomic E-state index is 0.284. The quantitative estimate of drug-likeness (QED) is 0.676. The van der Waals surface area contributed by atoms with Gasteiger partial charge < -0.3 is 10.6 Å². The Bertz CT molecular complexity index is 964. The lowest BCUT2D eigenvalue weighted by atomic mass is 9.97. The number of rotatable bonds is 2. The van der Waals surface area contributed by atoms with Crippen LogP contribution in [-0.4, -0.2) is 24.1 Å². The third-order valence-electron chi connectivity index (χ3n) is 6.13. The highest BCUT2D eigenvalue weighted by molar-refractivity contribution is 5.97. The van der Waals surface area contributed by atoms with E-state index in [-0.39, 0.29) is 6.04 Å². The highest BCUT2D eigenvalue weighted by Gasteiger charge is 2.26. The number of benzene rings is 2. The molecule has 1 unspecified atom stereocenters. The standard InChI is InChI=1S/C24H27N3/c25-19-13-14-27(16-19)24-20-9-5-2-6-10-22(20)26-23-12-11-18(15-21(23)24)17-7-3-1-4-8-17/h1,3-4,7-8,11-12,15,19H,2,5-6,9-10,13-14,16,25H2. The maximum atomic E-state index is 6.28. The third kappa shape index (κ3) is 3.10. The first kappa shape index (κ1) is 16.8. The molecule has 0 saturated carbocycles. The van der Waals surface area contributed by atoms with E-state index in [0.717, 1.165) is 37.9 Å². The molecule has 138 valence electrons. The summed E-state index contributed by atoms with van der Waals surface area (Å²) in [6.07, 6.45) is 7.17. The molecule has 0 bridgehead atoms. The lowest BCUT2D eigenvalue weighted by molar-refractivity contribution is 0.708. The summed E-state index contributed by atoms with van der Waals surface area (Å²) in [6, 6.07) is 17.7. The second-order valence-electron chi connectivity index (χ2n) is 8.04. The van der Waals surface area contributed by atoms with Crippen LogP contribution in [-0.2, 0) is 12.8 Å². The predicted octanol–water partition coefficient (Wildman–Crippen LogP) is 4.71. The van der Waals surface area contributed by atoms with Crippen molar-refractivity contribution in [1.82, 2.24) is 4.98 Å². The largest absolute Gasteiger partial charge is 0.369 e. The minimum Gasteiger partial charge on any atom is -0.369 e. The van der Waals surface area contributed by atoms with Crippen LogP contribution in [0.25, 0.3) is 22.0 Å². The minimum atomic E-state index is 0.284. The summed E-state index contributed by atoms with van der Waals surface area (Å²) in [5.74, 6) is 0. The smallest absolute Gasteiger partial charge is 0.0726 e. The van der Waals surface area contributed by atoms with Crippen LogP contribution in [0.15, 0.2) is 48.5 Å². The van der Waals surface area contributed by atoms with Gasteiger partial charge >= 0.3 is 0 Å². The van der Waals surface area contributed by atoms with Crippen LogP contribution in [0.5, 0.6) is 0 Å². The summed E-state index contributed by atoms with van der Waals surface area (Å²) in [4.78, 5) is 7.64. The number of aryl methyl sites for hydroxylation is 1. The van der Waals surface area contributed by atoms with E-state index in [1.807, 2.05) is 0 Å². The van der Waals surface area contributed by atoms with Gasteiger partial charge in [0.05, 0.1) is 11.2 Å². The van der Waals surface area contributed by atoms with Gasteiger partial charge in [0.1, 0.15) is 0 Å². The van der Waals surface area contributed by atoms with Gasteiger partial charge in [0.2, 0.25) is 0 Å². The van der Waals surface area contributed by atoms with Gasteiger partial charge in [0, 0.05) is 30.2 Å². The molecule has 0 radical (unpaired) electrons. The van der Waals surface area contributed by atoms with Crippen molar-refractivity contribution in [2.75, 3.05) is 18.0 Å². The van der Waals surface area contributed by atoms with Crippen molar-refractivity contribution in [3.05, 3.63) is 59.8 Å². The summed E-state index contributed by atoms with van der Waals surface area (Å²) in [6.45, 7) is 2.02. The van der Waals surface area contributed by atoms with E-state index in [9.17, 15) is 0 Å². The van der Waals surface area contributed by atoms with Crippen LogP contribution in [0.1, 0.15) is 36.9 Å². The maximum Gasteiger partial charge on any atom is 0.0726 e. The zero-order valence-electron chi connectivity index (χ0n) is 15.8. The molecule has 3 nitrogen and oxygen atoms in total. The molecule has 1 aromatic heterocycles. The molecule has 1 aliphatic carbocycles. The average Bonchev–Trinajstić information content (AvgIpc) is 2.99. The molecule has 5 rings (SSSR count). The van der Waals surface area contributed by atoms with Crippen molar-refractivity contribution in [2.24, 2.45) is 5.73 Å². The maximum absolute atomic E-state index is 6.28. The molecule has 1 saturated heterocycles. The summed E-state index contributed by atoms with van der Waals surface area (Å²) in [5.41, 5.74) is 14.2. The SMILES string of the molecule is NC1CCN(c2c3c(nc4ccc(-c5ccccc5)cc24)CCCCC3)C1. The molecule has 27 heavy (non-hydrogen) atoms. The van der Waals surface area contributed by atoms with Gasteiger partial charge in [-0.1, -0.05) is 42.8 Å². The number of hydrogen-bond donors (Lipinski definition) is 1. The molecule has 3 heteroatoms. The van der Waals surface area contributed by atoms with Crippen LogP contribution in [0.4, 0.5) is 5.69 Å². The van der Waals surface area contributed by atoms with E-state index in [4.69, 9.17) is 10.7 Å². The van der Waals surface area contributed by atoms with E-state index in [1.165, 1.54) is 52.7 Å². The summed E-state index contributed by atoms with van der Waals surface area (Å²) in [7, 11) is 0. The van der Waals surface area contributed by atoms with E-state index in [0.29, 0.717) is 0 Å². The zero-order chi connectivity index (χ0) is 18.2. The highest BCUT2D eigenvalue weighted by Crippen LogP contribution is 2.38. The summed E-state index contributed by atoms with van der Waals surface area (Å²) in [5, 5.41) is 1.30. The number of pyridine rings is 1. The predicted molar refractivity (Wildman–Crippen MR) is 113 cm³/mol. The first-order chi connectivity index (χ1) is 13.3. The molecule has 2 aromatic carbocycles. The Morgan fingerprint density at radius 2 is 1.78 bits per heavy atom. The van der Waals surface area contributed by atoms with E-state index in [1.54, 1.807) is 0 Å². The van der Waals surface area contributed by atoms with Gasteiger partial charge in [-0.2, -0.15) is 0 Å². The van der Waals surface area contributed by atoms with Crippen molar-refractivity contribution in [2.45, 2.75) is 44.6 Å². The molecule has 2 N–H and O–H groups in total. The van der Waals surface area contributed by atoms with Crippen molar-refractivity contribution < 1.29 is 0 Å². The van der Waals surface area contributed by atoms with Gasteiger partial charge in [-0.05, 0) is 60.9 Å². The zero-order valence-corrected chi connectivity index (χ0v) is 15.8. The third-order valence-corrected chi connectivity index (χ3v) is 6.13. The second kappa shape index (κ2) is 6.97. The molecular formula is C24H27N3. The second-order valence-corrected chi connectivity index (χ2v) is 8.04. The fourth-order valence-electron chi connectivity index (χ4n) is 4.74. The molecule has 1 fully saturated rings. The van der Waals surface area contributed by atoms with Gasteiger partial charge in [0.25, 0.3) is 0 Å². The highest BCUT2D eigenvalue weighted by atomic mass is 15.2. The van der Waals surface area contributed by atoms with Gasteiger partial charge in [-0.15, -0.1) is 0 Å². The van der Waals surface area contributed by atoms with Crippen molar-refractivity contribution >= 4 is 16.6 Å². The lowest BCUT2D eigenvalue weighted by Crippen LogP contribution is -2.27. The van der Waals surface area contributed by atoms with E-state index >= 15 is 0 Å². The molecular weight excluding hydrogens is 330 g/mol. The van der Waals surface area contributed by atoms with Crippen molar-refractivity contribution in [1.29, 1.82) is 0 Å². The Labute approximate surface area is 161 Å². The number of hydrogen-bond acceptors (Lipinski definition) is 3. The number of fused-ring (bicyclic) bond motifs is 2. The van der Waals surface area contributed by atoms with Crippen LogP contribution >= 0.6 is 0 Å². The Morgan fingerprint density at radius 1 is 0.926 bits per heavy atom. The van der Waals surface area contributed by atoms with Crippen LogP contribution in [0.2, 0.25) is 0 Å². The van der Waals surface area contributed by atoms with Gasteiger partial charge in [0.15, 0.2) is 0 Å². The topological polar surface area (TPSA) is 42.1 Å². The summed E-state index contributed by atoms with van der Waals surface area (Å²) < 4.78 is 0. The fourth-order valence-corrected chi connectivity index (χ4v) is 4.74. The van der Waals surface area contributed by atoms with Crippen molar-refractivity contribution in [3.63, 3.8) is 0 Å². The lowest BCUT2D eigenvalue weighted by Gasteiger charge is -2.25. The Hall–Kier alpha value is -2.39. The number of aromatic nitrogens is 1. The fraction of sp³-hybridized carbons (Fsp3) is 0.375. The molecule has 2 heterocycles. The van der Waals surface area contributed by atoms with E-state index in [2.05, 4.69) is 53.4 Å². The van der Waals surface area contributed by atoms with Gasteiger partial charge in [-0.3, -0.25) is 4.98 Å². The Balaban J connectivity index is 1.73. The van der Waals surface area contributed by atoms with E-state index < -0.39 is 0 Å². The Kier molecular flexibility index (Phi) is 4.33. The number of anilines is 1. The molecule has 3 aromatic rings. The summed E-state index contributed by atoms with van der Waals surface area (Å²) >= 11 is 0. The van der Waals surface area contributed by atoms with Crippen LogP contribution in [0.3, 0.4) is 0 Å². The number of nitrogens with zero attached hydrogens (tertiary/aromatic N) is 2. The van der Waals surface area contributed by atoms with Crippen molar-refractivity contribution in [3.8, 4) is 11.1 Å². The Morgan fingerprint density at radius 3 is 2.59 bits per heavy atom. The molecule has 2 aliphatic rings. The number of nitrogens with two attached hydrogens (primary N) is 1. The molecule has 1 atom stereocenters.